The third-order valence-corrected chi connectivity index (χ3v) is 2.89. The summed E-state index contributed by atoms with van der Waals surface area (Å²) in [5.41, 5.74) is 1.11. The second kappa shape index (κ2) is 7.66. The fraction of sp³-hybridized carbons (Fsp3) is 0.538. The van der Waals surface area contributed by atoms with Crippen molar-refractivity contribution < 1.29 is 9.84 Å². The molecule has 1 aromatic rings. The van der Waals surface area contributed by atoms with E-state index in [1.54, 1.807) is 0 Å². The standard InChI is InChI=1S/C13H19ClO2/c1-2-6-12(14)13(15)10-16-9-11-7-4-3-5-8-11/h3-5,7-8,12-13,15H,2,6,9-10H2,1H3/t12-,13+/m1/s1. The summed E-state index contributed by atoms with van der Waals surface area (Å²) in [6.07, 6.45) is 1.21. The van der Waals surface area contributed by atoms with Gasteiger partial charge in [-0.3, -0.25) is 0 Å². The average molecular weight is 243 g/mol. The lowest BCUT2D eigenvalue weighted by molar-refractivity contribution is 0.0255. The number of rotatable bonds is 7. The zero-order valence-electron chi connectivity index (χ0n) is 9.60. The van der Waals surface area contributed by atoms with Crippen LogP contribution in [0.15, 0.2) is 30.3 Å². The number of ether oxygens (including phenoxy) is 1. The molecule has 0 spiro atoms. The molecule has 16 heavy (non-hydrogen) atoms. The van der Waals surface area contributed by atoms with Crippen LogP contribution >= 0.6 is 11.6 Å². The van der Waals surface area contributed by atoms with Gasteiger partial charge in [0.1, 0.15) is 0 Å². The third kappa shape index (κ3) is 4.97. The predicted octanol–water partition coefficient (Wildman–Crippen LogP) is 2.97. The van der Waals surface area contributed by atoms with E-state index >= 15 is 0 Å². The molecule has 1 N–H and O–H groups in total. The molecule has 0 amide bonds. The van der Waals surface area contributed by atoms with Crippen molar-refractivity contribution in [1.29, 1.82) is 0 Å². The van der Waals surface area contributed by atoms with Gasteiger partial charge in [0, 0.05) is 0 Å². The fourth-order valence-corrected chi connectivity index (χ4v) is 1.74. The van der Waals surface area contributed by atoms with E-state index < -0.39 is 6.10 Å². The summed E-state index contributed by atoms with van der Waals surface area (Å²) in [5, 5.41) is 9.46. The second-order valence-electron chi connectivity index (χ2n) is 3.87. The van der Waals surface area contributed by atoms with Crippen molar-refractivity contribution in [3.63, 3.8) is 0 Å². The van der Waals surface area contributed by atoms with Crippen molar-refractivity contribution in [1.82, 2.24) is 0 Å². The predicted molar refractivity (Wildman–Crippen MR) is 66.7 cm³/mol. The Hall–Kier alpha value is -0.570. The van der Waals surface area contributed by atoms with Crippen LogP contribution in [0.4, 0.5) is 0 Å². The maximum Gasteiger partial charge on any atom is 0.0936 e. The van der Waals surface area contributed by atoms with Crippen LogP contribution in [0, 0.1) is 0 Å². The molecule has 0 radical (unpaired) electrons. The lowest BCUT2D eigenvalue weighted by Crippen LogP contribution is -2.26. The Morgan fingerprint density at radius 2 is 2.00 bits per heavy atom. The second-order valence-corrected chi connectivity index (χ2v) is 4.43. The van der Waals surface area contributed by atoms with Crippen molar-refractivity contribution in [2.45, 2.75) is 37.9 Å². The Morgan fingerprint density at radius 1 is 1.31 bits per heavy atom. The SMILES string of the molecule is CCC[C@@H](Cl)[C@@H](O)COCc1ccccc1. The van der Waals surface area contributed by atoms with Crippen LogP contribution in [0.1, 0.15) is 25.3 Å². The fourth-order valence-electron chi connectivity index (χ4n) is 1.44. The molecule has 0 aliphatic rings. The number of aliphatic hydroxyl groups excluding tert-OH is 1. The van der Waals surface area contributed by atoms with E-state index in [0.717, 1.165) is 18.4 Å². The van der Waals surface area contributed by atoms with Crippen LogP contribution in [0.2, 0.25) is 0 Å². The molecular formula is C13H19ClO2. The highest BCUT2D eigenvalue weighted by Gasteiger charge is 2.15. The molecule has 0 heterocycles. The molecule has 0 saturated heterocycles. The summed E-state index contributed by atoms with van der Waals surface area (Å²) >= 11 is 5.98. The molecule has 1 rings (SSSR count). The molecular weight excluding hydrogens is 224 g/mol. The van der Waals surface area contributed by atoms with E-state index in [-0.39, 0.29) is 5.38 Å². The van der Waals surface area contributed by atoms with Crippen LogP contribution in [0.5, 0.6) is 0 Å². The van der Waals surface area contributed by atoms with Gasteiger partial charge in [-0.2, -0.15) is 0 Å². The molecule has 3 heteroatoms. The van der Waals surface area contributed by atoms with Gasteiger partial charge in [-0.05, 0) is 12.0 Å². The van der Waals surface area contributed by atoms with Crippen molar-refractivity contribution in [3.8, 4) is 0 Å². The summed E-state index contributed by atoms with van der Waals surface area (Å²) in [7, 11) is 0. The summed E-state index contributed by atoms with van der Waals surface area (Å²) in [5.74, 6) is 0. The summed E-state index contributed by atoms with van der Waals surface area (Å²) < 4.78 is 5.41. The first-order valence-electron chi connectivity index (χ1n) is 5.67. The molecule has 1 aromatic carbocycles. The molecule has 0 saturated carbocycles. The van der Waals surface area contributed by atoms with Gasteiger partial charge in [0.2, 0.25) is 0 Å². The Balaban J connectivity index is 2.20. The van der Waals surface area contributed by atoms with Gasteiger partial charge in [0.15, 0.2) is 0 Å². The highest BCUT2D eigenvalue weighted by molar-refractivity contribution is 6.21. The average Bonchev–Trinajstić information content (AvgIpc) is 2.30. The number of aliphatic hydroxyl groups is 1. The van der Waals surface area contributed by atoms with Crippen molar-refractivity contribution >= 4 is 11.6 Å². The summed E-state index contributed by atoms with van der Waals surface area (Å²) in [4.78, 5) is 0. The maximum absolute atomic E-state index is 9.67. The molecule has 2 atom stereocenters. The molecule has 0 aliphatic carbocycles. The number of alkyl halides is 1. The van der Waals surface area contributed by atoms with Crippen LogP contribution in [0.25, 0.3) is 0 Å². The zero-order valence-corrected chi connectivity index (χ0v) is 10.4. The normalized spacial score (nSPS) is 14.7. The topological polar surface area (TPSA) is 29.5 Å². The minimum absolute atomic E-state index is 0.208. The zero-order chi connectivity index (χ0) is 11.8. The first-order valence-corrected chi connectivity index (χ1v) is 6.11. The van der Waals surface area contributed by atoms with Crippen LogP contribution in [0.3, 0.4) is 0 Å². The Bertz CT molecular complexity index is 277. The van der Waals surface area contributed by atoms with E-state index in [1.165, 1.54) is 0 Å². The lowest BCUT2D eigenvalue weighted by Gasteiger charge is -2.16. The largest absolute Gasteiger partial charge is 0.389 e. The van der Waals surface area contributed by atoms with Gasteiger partial charge in [-0.25, -0.2) is 0 Å². The van der Waals surface area contributed by atoms with E-state index in [4.69, 9.17) is 16.3 Å². The molecule has 0 bridgehead atoms. The highest BCUT2D eigenvalue weighted by Crippen LogP contribution is 2.11. The molecule has 2 nitrogen and oxygen atoms in total. The van der Waals surface area contributed by atoms with Gasteiger partial charge in [0.25, 0.3) is 0 Å². The Labute approximate surface area is 102 Å². The Morgan fingerprint density at radius 3 is 2.62 bits per heavy atom. The van der Waals surface area contributed by atoms with E-state index in [2.05, 4.69) is 0 Å². The van der Waals surface area contributed by atoms with Crippen LogP contribution in [-0.4, -0.2) is 23.2 Å². The minimum Gasteiger partial charge on any atom is -0.389 e. The lowest BCUT2D eigenvalue weighted by atomic mass is 10.1. The van der Waals surface area contributed by atoms with E-state index in [9.17, 15) is 5.11 Å². The molecule has 0 unspecified atom stereocenters. The van der Waals surface area contributed by atoms with Gasteiger partial charge in [-0.15, -0.1) is 11.6 Å². The molecule has 0 fully saturated rings. The number of halogens is 1. The van der Waals surface area contributed by atoms with Crippen molar-refractivity contribution in [2.75, 3.05) is 6.61 Å². The van der Waals surface area contributed by atoms with Crippen LogP contribution in [-0.2, 0) is 11.3 Å². The maximum atomic E-state index is 9.67. The summed E-state index contributed by atoms with van der Waals surface area (Å²) in [6.45, 7) is 2.86. The smallest absolute Gasteiger partial charge is 0.0936 e. The number of hydrogen-bond donors (Lipinski definition) is 1. The van der Waals surface area contributed by atoms with Gasteiger partial charge in [-0.1, -0.05) is 43.7 Å². The molecule has 0 aromatic heterocycles. The molecule has 90 valence electrons. The van der Waals surface area contributed by atoms with Crippen molar-refractivity contribution in [3.05, 3.63) is 35.9 Å². The number of hydrogen-bond acceptors (Lipinski definition) is 2. The summed E-state index contributed by atoms with van der Waals surface area (Å²) in [6, 6.07) is 9.90. The van der Waals surface area contributed by atoms with E-state index in [1.807, 2.05) is 37.3 Å². The third-order valence-electron chi connectivity index (χ3n) is 2.38. The number of benzene rings is 1. The monoisotopic (exact) mass is 242 g/mol. The van der Waals surface area contributed by atoms with Crippen LogP contribution < -0.4 is 0 Å². The highest BCUT2D eigenvalue weighted by atomic mass is 35.5. The first kappa shape index (κ1) is 13.5. The van der Waals surface area contributed by atoms with Gasteiger partial charge >= 0.3 is 0 Å². The van der Waals surface area contributed by atoms with Gasteiger partial charge in [0.05, 0.1) is 24.7 Å². The Kier molecular flexibility index (Phi) is 6.46. The van der Waals surface area contributed by atoms with Crippen molar-refractivity contribution in [2.24, 2.45) is 0 Å². The first-order chi connectivity index (χ1) is 7.74. The van der Waals surface area contributed by atoms with E-state index in [0.29, 0.717) is 13.2 Å². The molecule has 0 aliphatic heterocycles. The quantitative estimate of drug-likeness (QED) is 0.745. The van der Waals surface area contributed by atoms with Gasteiger partial charge < -0.3 is 9.84 Å². The minimum atomic E-state index is -0.578.